The molecule has 2 fully saturated rings. The zero-order chi connectivity index (χ0) is 18.1. The third-order valence-electron chi connectivity index (χ3n) is 6.25. The van der Waals surface area contributed by atoms with E-state index in [2.05, 4.69) is 28.9 Å². The first-order valence-electron chi connectivity index (χ1n) is 9.74. The summed E-state index contributed by atoms with van der Waals surface area (Å²) in [6.07, 6.45) is 7.56. The van der Waals surface area contributed by atoms with Gasteiger partial charge in [0.25, 0.3) is 0 Å². The van der Waals surface area contributed by atoms with Crippen molar-refractivity contribution in [3.8, 4) is 0 Å². The van der Waals surface area contributed by atoms with Gasteiger partial charge in [-0.25, -0.2) is 0 Å². The van der Waals surface area contributed by atoms with Crippen molar-refractivity contribution < 1.29 is 4.74 Å². The molecule has 0 unspecified atom stereocenters. The molecule has 1 saturated heterocycles. The molecule has 1 aliphatic heterocycles. The molecule has 2 aromatic rings. The summed E-state index contributed by atoms with van der Waals surface area (Å²) < 4.78 is 5.60. The fourth-order valence-corrected chi connectivity index (χ4v) is 4.51. The van der Waals surface area contributed by atoms with Gasteiger partial charge in [-0.05, 0) is 56.4 Å². The van der Waals surface area contributed by atoms with Crippen molar-refractivity contribution in [2.45, 2.75) is 51.1 Å². The number of benzene rings is 1. The molecule has 5 heteroatoms. The molecular formula is C21H28ClN3O. The van der Waals surface area contributed by atoms with Gasteiger partial charge in [-0.15, -0.1) is 0 Å². The number of anilines is 1. The molecule has 0 bridgehead atoms. The maximum atomic E-state index is 6.19. The molecule has 26 heavy (non-hydrogen) atoms. The van der Waals surface area contributed by atoms with E-state index in [9.17, 15) is 0 Å². The molecule has 0 spiro atoms. The molecule has 0 radical (unpaired) electrons. The van der Waals surface area contributed by atoms with E-state index in [1.807, 2.05) is 18.3 Å². The Morgan fingerprint density at radius 1 is 1.23 bits per heavy atom. The summed E-state index contributed by atoms with van der Waals surface area (Å²) in [6, 6.07) is 9.07. The molecule has 4 rings (SSSR count). The third-order valence-corrected chi connectivity index (χ3v) is 6.48. The van der Waals surface area contributed by atoms with Crippen molar-refractivity contribution in [1.82, 2.24) is 4.98 Å². The molecule has 0 amide bonds. The first kappa shape index (κ1) is 18.0. The number of fused-ring (bicyclic) bond motifs is 1. The van der Waals surface area contributed by atoms with Gasteiger partial charge in [0.15, 0.2) is 0 Å². The number of nitrogens with zero attached hydrogens (tertiary/aromatic N) is 2. The zero-order valence-electron chi connectivity index (χ0n) is 15.5. The maximum Gasteiger partial charge on any atom is 0.0737 e. The van der Waals surface area contributed by atoms with Crippen LogP contribution in [0, 0.1) is 5.41 Å². The van der Waals surface area contributed by atoms with Gasteiger partial charge >= 0.3 is 0 Å². The van der Waals surface area contributed by atoms with Crippen LogP contribution in [-0.2, 0) is 4.74 Å². The molecule has 2 aliphatic rings. The fraction of sp³-hybridized carbons (Fsp3) is 0.571. The van der Waals surface area contributed by atoms with Gasteiger partial charge in [-0.1, -0.05) is 18.5 Å². The minimum Gasteiger partial charge on any atom is -0.380 e. The Morgan fingerprint density at radius 3 is 2.65 bits per heavy atom. The Labute approximate surface area is 160 Å². The van der Waals surface area contributed by atoms with E-state index in [4.69, 9.17) is 22.1 Å². The highest BCUT2D eigenvalue weighted by Crippen LogP contribution is 2.39. The van der Waals surface area contributed by atoms with Gasteiger partial charge < -0.3 is 15.4 Å². The number of halogens is 1. The van der Waals surface area contributed by atoms with E-state index in [0.717, 1.165) is 62.4 Å². The quantitative estimate of drug-likeness (QED) is 0.844. The molecule has 140 valence electrons. The van der Waals surface area contributed by atoms with Crippen molar-refractivity contribution in [3.63, 3.8) is 0 Å². The number of nitrogens with two attached hydrogens (primary N) is 1. The van der Waals surface area contributed by atoms with Crippen LogP contribution in [-0.4, -0.2) is 36.8 Å². The SMILES string of the molecule is CCC1(CN(c2ccnc3cc(Cl)ccc23)C2CCC(N)CC2)COC1. The molecular weight excluding hydrogens is 346 g/mol. The van der Waals surface area contributed by atoms with E-state index in [-0.39, 0.29) is 5.41 Å². The summed E-state index contributed by atoms with van der Waals surface area (Å²) in [5, 5.41) is 1.91. The summed E-state index contributed by atoms with van der Waals surface area (Å²) >= 11 is 6.19. The van der Waals surface area contributed by atoms with E-state index < -0.39 is 0 Å². The number of hydrogen-bond acceptors (Lipinski definition) is 4. The molecule has 2 heterocycles. The van der Waals surface area contributed by atoms with Crippen LogP contribution in [0.2, 0.25) is 5.02 Å². The summed E-state index contributed by atoms with van der Waals surface area (Å²) in [6.45, 7) is 5.04. The zero-order valence-corrected chi connectivity index (χ0v) is 16.2. The Morgan fingerprint density at radius 2 is 2.00 bits per heavy atom. The lowest BCUT2D eigenvalue weighted by Crippen LogP contribution is -2.54. The van der Waals surface area contributed by atoms with Crippen LogP contribution in [0.3, 0.4) is 0 Å². The van der Waals surface area contributed by atoms with Crippen LogP contribution in [0.5, 0.6) is 0 Å². The van der Waals surface area contributed by atoms with Crippen molar-refractivity contribution in [2.24, 2.45) is 11.1 Å². The maximum absolute atomic E-state index is 6.19. The first-order chi connectivity index (χ1) is 12.6. The largest absolute Gasteiger partial charge is 0.380 e. The second kappa shape index (κ2) is 7.34. The smallest absolute Gasteiger partial charge is 0.0737 e. The number of rotatable bonds is 5. The van der Waals surface area contributed by atoms with E-state index >= 15 is 0 Å². The molecule has 0 atom stereocenters. The average Bonchev–Trinajstić information content (AvgIpc) is 2.62. The Hall–Kier alpha value is -1.36. The van der Waals surface area contributed by atoms with Gasteiger partial charge in [0.1, 0.15) is 0 Å². The van der Waals surface area contributed by atoms with Crippen molar-refractivity contribution >= 4 is 28.2 Å². The summed E-state index contributed by atoms with van der Waals surface area (Å²) in [7, 11) is 0. The Bertz CT molecular complexity index is 763. The average molecular weight is 374 g/mol. The van der Waals surface area contributed by atoms with E-state index in [1.54, 1.807) is 0 Å². The Balaban J connectivity index is 1.72. The van der Waals surface area contributed by atoms with Gasteiger partial charge in [-0.3, -0.25) is 4.98 Å². The van der Waals surface area contributed by atoms with Crippen LogP contribution in [0.1, 0.15) is 39.0 Å². The topological polar surface area (TPSA) is 51.4 Å². The summed E-state index contributed by atoms with van der Waals surface area (Å²) in [4.78, 5) is 7.16. The van der Waals surface area contributed by atoms with E-state index in [0.29, 0.717) is 12.1 Å². The van der Waals surface area contributed by atoms with Gasteiger partial charge in [0.2, 0.25) is 0 Å². The highest BCUT2D eigenvalue weighted by molar-refractivity contribution is 6.31. The number of ether oxygens (including phenoxy) is 1. The van der Waals surface area contributed by atoms with Crippen LogP contribution in [0.25, 0.3) is 10.9 Å². The minimum atomic E-state index is 0.265. The van der Waals surface area contributed by atoms with E-state index in [1.165, 1.54) is 11.1 Å². The lowest BCUT2D eigenvalue weighted by Gasteiger charge is -2.48. The highest BCUT2D eigenvalue weighted by Gasteiger charge is 2.40. The van der Waals surface area contributed by atoms with Crippen molar-refractivity contribution in [1.29, 1.82) is 0 Å². The number of pyridine rings is 1. The lowest BCUT2D eigenvalue weighted by atomic mass is 9.81. The van der Waals surface area contributed by atoms with Gasteiger partial charge in [0.05, 0.1) is 18.7 Å². The second-order valence-electron chi connectivity index (χ2n) is 8.03. The molecule has 1 aromatic carbocycles. The van der Waals surface area contributed by atoms with Crippen LogP contribution in [0.4, 0.5) is 5.69 Å². The standard InChI is InChI=1S/C21H28ClN3O/c1-2-21(13-26-14-21)12-25(17-6-4-16(23)5-7-17)20-9-10-24-19-11-15(22)3-8-18(19)20/h3,8-11,16-17H,2,4-7,12-14,23H2,1H3. The molecule has 4 nitrogen and oxygen atoms in total. The van der Waals surface area contributed by atoms with Crippen molar-refractivity contribution in [2.75, 3.05) is 24.7 Å². The minimum absolute atomic E-state index is 0.265. The number of hydrogen-bond donors (Lipinski definition) is 1. The second-order valence-corrected chi connectivity index (χ2v) is 8.47. The third kappa shape index (κ3) is 3.42. The van der Waals surface area contributed by atoms with Gasteiger partial charge in [0, 0.05) is 46.3 Å². The lowest BCUT2D eigenvalue weighted by molar-refractivity contribution is -0.110. The highest BCUT2D eigenvalue weighted by atomic mass is 35.5. The fourth-order valence-electron chi connectivity index (χ4n) is 4.34. The monoisotopic (exact) mass is 373 g/mol. The summed E-state index contributed by atoms with van der Waals surface area (Å²) in [5.41, 5.74) is 8.67. The first-order valence-corrected chi connectivity index (χ1v) is 10.1. The van der Waals surface area contributed by atoms with Gasteiger partial charge in [-0.2, -0.15) is 0 Å². The predicted octanol–water partition coefficient (Wildman–Crippen LogP) is 4.39. The number of aromatic nitrogens is 1. The Kier molecular flexibility index (Phi) is 5.09. The molecule has 1 aromatic heterocycles. The molecule has 1 aliphatic carbocycles. The molecule has 2 N–H and O–H groups in total. The predicted molar refractivity (Wildman–Crippen MR) is 108 cm³/mol. The molecule has 1 saturated carbocycles. The van der Waals surface area contributed by atoms with Crippen LogP contribution < -0.4 is 10.6 Å². The summed E-state index contributed by atoms with van der Waals surface area (Å²) in [5.74, 6) is 0. The van der Waals surface area contributed by atoms with Crippen LogP contribution >= 0.6 is 11.6 Å². The van der Waals surface area contributed by atoms with Crippen LogP contribution in [0.15, 0.2) is 30.5 Å². The normalized spacial score (nSPS) is 25.0. The van der Waals surface area contributed by atoms with Crippen molar-refractivity contribution in [3.05, 3.63) is 35.5 Å².